The summed E-state index contributed by atoms with van der Waals surface area (Å²) in [5, 5.41) is 0. The third kappa shape index (κ3) is 4.34. The normalized spacial score (nSPS) is 12.2. The van der Waals surface area contributed by atoms with Crippen molar-refractivity contribution in [1.82, 2.24) is 4.90 Å². The van der Waals surface area contributed by atoms with Crippen LogP contribution in [0, 0.1) is 0 Å². The van der Waals surface area contributed by atoms with Gasteiger partial charge in [-0.15, -0.1) is 0 Å². The Morgan fingerprint density at radius 3 is 2.50 bits per heavy atom. The average molecular weight is 247 g/mol. The van der Waals surface area contributed by atoms with Gasteiger partial charge in [0, 0.05) is 12.1 Å². The van der Waals surface area contributed by atoms with Gasteiger partial charge in [-0.2, -0.15) is 0 Å². The van der Waals surface area contributed by atoms with Crippen LogP contribution in [0.2, 0.25) is 0 Å². The third-order valence-electron chi connectivity index (χ3n) is 2.77. The van der Waals surface area contributed by atoms with Crippen molar-refractivity contribution in [3.8, 4) is 0 Å². The SMILES string of the molecule is C=C(C)C(=O)OC(C)N(CC)Cc1ccccc1. The predicted molar refractivity (Wildman–Crippen MR) is 72.9 cm³/mol. The number of benzene rings is 1. The first-order valence-corrected chi connectivity index (χ1v) is 6.19. The number of rotatable bonds is 6. The molecule has 0 aliphatic rings. The van der Waals surface area contributed by atoms with Crippen LogP contribution in [0.15, 0.2) is 42.5 Å². The zero-order chi connectivity index (χ0) is 13.5. The summed E-state index contributed by atoms with van der Waals surface area (Å²) in [6.45, 7) is 10.8. The van der Waals surface area contributed by atoms with E-state index in [0.717, 1.165) is 13.1 Å². The van der Waals surface area contributed by atoms with Crippen LogP contribution in [0.1, 0.15) is 26.3 Å². The van der Waals surface area contributed by atoms with Crippen LogP contribution >= 0.6 is 0 Å². The largest absolute Gasteiger partial charge is 0.443 e. The first-order valence-electron chi connectivity index (χ1n) is 6.19. The van der Waals surface area contributed by atoms with E-state index in [9.17, 15) is 4.79 Å². The van der Waals surface area contributed by atoms with Crippen LogP contribution in [-0.2, 0) is 16.1 Å². The lowest BCUT2D eigenvalue weighted by Crippen LogP contribution is -2.36. The molecule has 0 spiro atoms. The van der Waals surface area contributed by atoms with Gasteiger partial charge in [0.25, 0.3) is 0 Å². The van der Waals surface area contributed by atoms with Gasteiger partial charge >= 0.3 is 5.97 Å². The fourth-order valence-electron chi connectivity index (χ4n) is 1.65. The minimum absolute atomic E-state index is 0.251. The molecule has 0 heterocycles. The lowest BCUT2D eigenvalue weighted by Gasteiger charge is -2.27. The maximum atomic E-state index is 11.5. The van der Waals surface area contributed by atoms with Gasteiger partial charge in [-0.3, -0.25) is 4.90 Å². The lowest BCUT2D eigenvalue weighted by atomic mass is 10.2. The number of hydrogen-bond acceptors (Lipinski definition) is 3. The van der Waals surface area contributed by atoms with Crippen LogP contribution in [0.4, 0.5) is 0 Å². The molecular formula is C15H21NO2. The van der Waals surface area contributed by atoms with Gasteiger partial charge in [0.15, 0.2) is 6.23 Å². The van der Waals surface area contributed by atoms with Gasteiger partial charge in [0.1, 0.15) is 0 Å². The molecule has 0 fully saturated rings. The first-order chi connectivity index (χ1) is 8.54. The Balaban J connectivity index is 2.60. The Hall–Kier alpha value is -1.61. The molecule has 0 radical (unpaired) electrons. The smallest absolute Gasteiger partial charge is 0.334 e. The van der Waals surface area contributed by atoms with E-state index in [0.29, 0.717) is 5.57 Å². The predicted octanol–water partition coefficient (Wildman–Crippen LogP) is 2.97. The molecular weight excluding hydrogens is 226 g/mol. The summed E-state index contributed by atoms with van der Waals surface area (Å²) in [4.78, 5) is 13.6. The number of esters is 1. The maximum absolute atomic E-state index is 11.5. The maximum Gasteiger partial charge on any atom is 0.334 e. The third-order valence-corrected chi connectivity index (χ3v) is 2.77. The average Bonchev–Trinajstić information content (AvgIpc) is 2.36. The molecule has 98 valence electrons. The van der Waals surface area contributed by atoms with E-state index in [-0.39, 0.29) is 12.2 Å². The minimum Gasteiger partial charge on any atom is -0.443 e. The van der Waals surface area contributed by atoms with Crippen molar-refractivity contribution >= 4 is 5.97 Å². The molecule has 1 unspecified atom stereocenters. The second kappa shape index (κ2) is 6.97. The number of ether oxygens (including phenoxy) is 1. The Labute approximate surface area is 109 Å². The van der Waals surface area contributed by atoms with Crippen molar-refractivity contribution in [3.05, 3.63) is 48.0 Å². The molecule has 0 aliphatic heterocycles. The Bertz CT molecular complexity index is 400. The van der Waals surface area contributed by atoms with Crippen molar-refractivity contribution in [2.24, 2.45) is 0 Å². The molecule has 0 bridgehead atoms. The van der Waals surface area contributed by atoms with Gasteiger partial charge in [-0.1, -0.05) is 43.8 Å². The molecule has 0 amide bonds. The summed E-state index contributed by atoms with van der Waals surface area (Å²) in [6, 6.07) is 10.1. The highest BCUT2D eigenvalue weighted by atomic mass is 16.6. The topological polar surface area (TPSA) is 29.5 Å². The van der Waals surface area contributed by atoms with Crippen LogP contribution in [-0.4, -0.2) is 23.6 Å². The molecule has 0 saturated carbocycles. The highest BCUT2D eigenvalue weighted by molar-refractivity contribution is 5.87. The molecule has 0 N–H and O–H groups in total. The van der Waals surface area contributed by atoms with E-state index in [1.807, 2.05) is 32.0 Å². The fraction of sp³-hybridized carbons (Fsp3) is 0.400. The fourth-order valence-corrected chi connectivity index (χ4v) is 1.65. The van der Waals surface area contributed by atoms with Crippen LogP contribution in [0.5, 0.6) is 0 Å². The molecule has 0 aromatic heterocycles. The van der Waals surface area contributed by atoms with E-state index >= 15 is 0 Å². The van der Waals surface area contributed by atoms with E-state index in [2.05, 4.69) is 23.6 Å². The summed E-state index contributed by atoms with van der Waals surface area (Å²) in [7, 11) is 0. The highest BCUT2D eigenvalue weighted by Crippen LogP contribution is 2.10. The zero-order valence-electron chi connectivity index (χ0n) is 11.3. The van der Waals surface area contributed by atoms with Crippen LogP contribution in [0.25, 0.3) is 0 Å². The highest BCUT2D eigenvalue weighted by Gasteiger charge is 2.16. The molecule has 0 saturated heterocycles. The molecule has 1 atom stereocenters. The molecule has 18 heavy (non-hydrogen) atoms. The second-order valence-electron chi connectivity index (χ2n) is 4.33. The summed E-state index contributed by atoms with van der Waals surface area (Å²) in [5.41, 5.74) is 1.63. The standard InChI is InChI=1S/C15H21NO2/c1-5-16(11-14-9-7-6-8-10-14)13(4)18-15(17)12(2)3/h6-10,13H,2,5,11H2,1,3-4H3. The molecule has 1 rings (SSSR count). The van der Waals surface area contributed by atoms with Crippen molar-refractivity contribution in [1.29, 1.82) is 0 Å². The molecule has 3 heteroatoms. The summed E-state index contributed by atoms with van der Waals surface area (Å²) < 4.78 is 5.32. The van der Waals surface area contributed by atoms with E-state index < -0.39 is 0 Å². The van der Waals surface area contributed by atoms with Crippen LogP contribution in [0.3, 0.4) is 0 Å². The molecule has 1 aromatic rings. The molecule has 3 nitrogen and oxygen atoms in total. The summed E-state index contributed by atoms with van der Waals surface area (Å²) in [5.74, 6) is -0.339. The van der Waals surface area contributed by atoms with Gasteiger partial charge in [-0.25, -0.2) is 4.79 Å². The van der Waals surface area contributed by atoms with E-state index in [4.69, 9.17) is 4.74 Å². The second-order valence-corrected chi connectivity index (χ2v) is 4.33. The first kappa shape index (κ1) is 14.5. The quantitative estimate of drug-likeness (QED) is 0.440. The van der Waals surface area contributed by atoms with Gasteiger partial charge in [-0.05, 0) is 26.0 Å². The van der Waals surface area contributed by atoms with Crippen molar-refractivity contribution < 1.29 is 9.53 Å². The van der Waals surface area contributed by atoms with Crippen molar-refractivity contribution in [2.75, 3.05) is 6.54 Å². The van der Waals surface area contributed by atoms with Gasteiger partial charge in [0.05, 0.1) is 0 Å². The summed E-state index contributed by atoms with van der Waals surface area (Å²) in [6.07, 6.45) is -0.251. The Morgan fingerprint density at radius 2 is 2.00 bits per heavy atom. The monoisotopic (exact) mass is 247 g/mol. The Morgan fingerprint density at radius 1 is 1.39 bits per heavy atom. The molecule has 1 aromatic carbocycles. The van der Waals surface area contributed by atoms with E-state index in [1.54, 1.807) is 6.92 Å². The number of carbonyl (C=O) groups is 1. The van der Waals surface area contributed by atoms with Gasteiger partial charge in [0.2, 0.25) is 0 Å². The van der Waals surface area contributed by atoms with Crippen molar-refractivity contribution in [2.45, 2.75) is 33.5 Å². The number of hydrogen-bond donors (Lipinski definition) is 0. The number of carbonyl (C=O) groups excluding carboxylic acids is 1. The number of nitrogens with zero attached hydrogens (tertiary/aromatic N) is 1. The Kier molecular flexibility index (Phi) is 5.59. The van der Waals surface area contributed by atoms with Gasteiger partial charge < -0.3 is 4.74 Å². The van der Waals surface area contributed by atoms with Crippen LogP contribution < -0.4 is 0 Å². The minimum atomic E-state index is -0.339. The van der Waals surface area contributed by atoms with E-state index in [1.165, 1.54) is 5.56 Å². The lowest BCUT2D eigenvalue weighted by molar-refractivity contribution is -0.153. The summed E-state index contributed by atoms with van der Waals surface area (Å²) >= 11 is 0. The zero-order valence-corrected chi connectivity index (χ0v) is 11.3. The van der Waals surface area contributed by atoms with Crippen molar-refractivity contribution in [3.63, 3.8) is 0 Å². The molecule has 0 aliphatic carbocycles.